The molecule has 0 spiro atoms. The van der Waals surface area contributed by atoms with Crippen molar-refractivity contribution in [3.63, 3.8) is 0 Å². The molecular formula is C12H28. The molecule has 0 rings (SSSR count). The van der Waals surface area contributed by atoms with Crippen molar-refractivity contribution in [1.29, 1.82) is 0 Å². The summed E-state index contributed by atoms with van der Waals surface area (Å²) in [5.74, 6) is 1.77. The molecule has 1 atom stereocenters. The highest BCUT2D eigenvalue weighted by Crippen LogP contribution is 2.11. The van der Waals surface area contributed by atoms with Crippen molar-refractivity contribution in [2.45, 2.75) is 67.2 Å². The van der Waals surface area contributed by atoms with Gasteiger partial charge in [0.25, 0.3) is 0 Å². The van der Waals surface area contributed by atoms with Crippen LogP contribution in [-0.4, -0.2) is 0 Å². The molecule has 0 aliphatic heterocycles. The Bertz CT molecular complexity index is 62.4. The summed E-state index contributed by atoms with van der Waals surface area (Å²) < 4.78 is 0. The van der Waals surface area contributed by atoms with Gasteiger partial charge in [-0.05, 0) is 11.8 Å². The molecule has 0 amide bonds. The highest BCUT2D eigenvalue weighted by atomic mass is 14.1. The third kappa shape index (κ3) is 12.7. The standard InChI is InChI=1S/C7H16.C5H12/c1-5-7(4)6(2)3;1-3-5-4-2/h6-7H,5H2,1-4H3;3-5H2,1-2H3. The van der Waals surface area contributed by atoms with Gasteiger partial charge in [0.2, 0.25) is 0 Å². The fourth-order valence-electron chi connectivity index (χ4n) is 0.825. The topological polar surface area (TPSA) is 0 Å². The van der Waals surface area contributed by atoms with Gasteiger partial charge in [0, 0.05) is 0 Å². The Morgan fingerprint density at radius 2 is 1.25 bits per heavy atom. The van der Waals surface area contributed by atoms with Crippen LogP contribution in [0.3, 0.4) is 0 Å². The fraction of sp³-hybridized carbons (Fsp3) is 1.00. The van der Waals surface area contributed by atoms with E-state index in [-0.39, 0.29) is 0 Å². The smallest absolute Gasteiger partial charge is 0.0422 e. The molecule has 0 aliphatic carbocycles. The second-order valence-electron chi connectivity index (χ2n) is 3.98. The molecule has 0 nitrogen and oxygen atoms in total. The first kappa shape index (κ1) is 14.5. The van der Waals surface area contributed by atoms with Crippen molar-refractivity contribution in [3.8, 4) is 0 Å². The Morgan fingerprint density at radius 3 is 1.25 bits per heavy atom. The molecular weight excluding hydrogens is 144 g/mol. The zero-order valence-electron chi connectivity index (χ0n) is 9.98. The molecule has 0 N–H and O–H groups in total. The van der Waals surface area contributed by atoms with Gasteiger partial charge in [0.15, 0.2) is 0 Å². The molecule has 0 heteroatoms. The van der Waals surface area contributed by atoms with E-state index in [2.05, 4.69) is 41.5 Å². The van der Waals surface area contributed by atoms with Crippen molar-refractivity contribution in [1.82, 2.24) is 0 Å². The summed E-state index contributed by atoms with van der Waals surface area (Å²) in [5, 5.41) is 0. The molecule has 0 heterocycles. The van der Waals surface area contributed by atoms with Gasteiger partial charge < -0.3 is 0 Å². The van der Waals surface area contributed by atoms with Gasteiger partial charge in [0.05, 0.1) is 0 Å². The third-order valence-electron chi connectivity index (χ3n) is 2.49. The quantitative estimate of drug-likeness (QED) is 0.566. The predicted octanol–water partition coefficient (Wildman–Crippen LogP) is 4.89. The third-order valence-corrected chi connectivity index (χ3v) is 2.49. The Morgan fingerprint density at radius 1 is 0.833 bits per heavy atom. The largest absolute Gasteiger partial charge is 0.0654 e. The maximum atomic E-state index is 2.30. The van der Waals surface area contributed by atoms with Crippen molar-refractivity contribution in [2.75, 3.05) is 0 Å². The van der Waals surface area contributed by atoms with E-state index >= 15 is 0 Å². The Kier molecular flexibility index (Phi) is 13.3. The Labute approximate surface area is 79.8 Å². The van der Waals surface area contributed by atoms with Gasteiger partial charge in [-0.3, -0.25) is 0 Å². The van der Waals surface area contributed by atoms with Crippen molar-refractivity contribution in [2.24, 2.45) is 11.8 Å². The zero-order valence-corrected chi connectivity index (χ0v) is 9.98. The van der Waals surface area contributed by atoms with Crippen molar-refractivity contribution < 1.29 is 0 Å². The first-order valence-corrected chi connectivity index (χ1v) is 5.59. The van der Waals surface area contributed by atoms with E-state index in [1.807, 2.05) is 0 Å². The van der Waals surface area contributed by atoms with E-state index < -0.39 is 0 Å². The zero-order chi connectivity index (χ0) is 9.98. The molecule has 1 unspecified atom stereocenters. The number of unbranched alkanes of at least 4 members (excludes halogenated alkanes) is 2. The highest BCUT2D eigenvalue weighted by molar-refractivity contribution is 4.52. The Hall–Kier alpha value is 0. The number of rotatable bonds is 4. The highest BCUT2D eigenvalue weighted by Gasteiger charge is 2.01. The SMILES string of the molecule is CCC(C)C(C)C.CCCCC. The van der Waals surface area contributed by atoms with Gasteiger partial charge >= 0.3 is 0 Å². The summed E-state index contributed by atoms with van der Waals surface area (Å²) in [7, 11) is 0. The van der Waals surface area contributed by atoms with E-state index in [1.165, 1.54) is 25.7 Å². The first-order valence-electron chi connectivity index (χ1n) is 5.59. The average molecular weight is 172 g/mol. The van der Waals surface area contributed by atoms with Crippen LogP contribution >= 0.6 is 0 Å². The van der Waals surface area contributed by atoms with Crippen LogP contribution in [0.2, 0.25) is 0 Å². The summed E-state index contributed by atoms with van der Waals surface area (Å²) in [5.41, 5.74) is 0. The minimum Gasteiger partial charge on any atom is -0.0654 e. The van der Waals surface area contributed by atoms with Crippen molar-refractivity contribution in [3.05, 3.63) is 0 Å². The molecule has 12 heavy (non-hydrogen) atoms. The predicted molar refractivity (Wildman–Crippen MR) is 59.5 cm³/mol. The average Bonchev–Trinajstić information content (AvgIpc) is 2.05. The lowest BCUT2D eigenvalue weighted by Gasteiger charge is -2.10. The first-order chi connectivity index (χ1) is 5.59. The maximum Gasteiger partial charge on any atom is -0.0422 e. The van der Waals surface area contributed by atoms with E-state index in [0.717, 1.165) is 11.8 Å². The number of hydrogen-bond acceptors (Lipinski definition) is 0. The van der Waals surface area contributed by atoms with Crippen LogP contribution in [0.1, 0.15) is 67.2 Å². The van der Waals surface area contributed by atoms with Crippen LogP contribution in [0.15, 0.2) is 0 Å². The minimum atomic E-state index is 0.866. The van der Waals surface area contributed by atoms with Crippen molar-refractivity contribution >= 4 is 0 Å². The van der Waals surface area contributed by atoms with Crippen LogP contribution in [0.25, 0.3) is 0 Å². The van der Waals surface area contributed by atoms with Gasteiger partial charge in [-0.1, -0.05) is 67.2 Å². The summed E-state index contributed by atoms with van der Waals surface area (Å²) in [6.45, 7) is 13.5. The van der Waals surface area contributed by atoms with Crippen LogP contribution in [-0.2, 0) is 0 Å². The van der Waals surface area contributed by atoms with E-state index in [1.54, 1.807) is 0 Å². The molecule has 0 aromatic rings. The van der Waals surface area contributed by atoms with Crippen LogP contribution in [0.4, 0.5) is 0 Å². The van der Waals surface area contributed by atoms with E-state index in [4.69, 9.17) is 0 Å². The minimum absolute atomic E-state index is 0.866. The molecule has 0 saturated carbocycles. The van der Waals surface area contributed by atoms with Gasteiger partial charge in [0.1, 0.15) is 0 Å². The summed E-state index contributed by atoms with van der Waals surface area (Å²) >= 11 is 0. The van der Waals surface area contributed by atoms with Gasteiger partial charge in [-0.25, -0.2) is 0 Å². The molecule has 0 radical (unpaired) electrons. The lowest BCUT2D eigenvalue weighted by atomic mass is 9.96. The summed E-state index contributed by atoms with van der Waals surface area (Å²) in [4.78, 5) is 0. The van der Waals surface area contributed by atoms with E-state index in [9.17, 15) is 0 Å². The lowest BCUT2D eigenvalue weighted by Crippen LogP contribution is -2.00. The molecule has 0 fully saturated rings. The number of hydrogen-bond donors (Lipinski definition) is 0. The Balaban J connectivity index is 0. The molecule has 0 aliphatic rings. The molecule has 0 bridgehead atoms. The normalized spacial score (nSPS) is 12.2. The molecule has 0 aromatic carbocycles. The fourth-order valence-corrected chi connectivity index (χ4v) is 0.825. The van der Waals surface area contributed by atoms with Crippen LogP contribution in [0, 0.1) is 11.8 Å². The van der Waals surface area contributed by atoms with Gasteiger partial charge in [-0.2, -0.15) is 0 Å². The second kappa shape index (κ2) is 11.0. The molecule has 0 aromatic heterocycles. The summed E-state index contributed by atoms with van der Waals surface area (Å²) in [6, 6.07) is 0. The second-order valence-corrected chi connectivity index (χ2v) is 3.98. The molecule has 76 valence electrons. The monoisotopic (exact) mass is 172 g/mol. The molecule has 0 saturated heterocycles. The van der Waals surface area contributed by atoms with Crippen LogP contribution in [0.5, 0.6) is 0 Å². The van der Waals surface area contributed by atoms with Crippen LogP contribution < -0.4 is 0 Å². The van der Waals surface area contributed by atoms with E-state index in [0.29, 0.717) is 0 Å². The lowest BCUT2D eigenvalue weighted by molar-refractivity contribution is 0.407. The van der Waals surface area contributed by atoms with Gasteiger partial charge in [-0.15, -0.1) is 0 Å². The maximum absolute atomic E-state index is 2.30. The summed E-state index contributed by atoms with van der Waals surface area (Å²) in [6.07, 6.45) is 5.39.